The predicted molar refractivity (Wildman–Crippen MR) is 44.4 cm³/mol. The number of rotatable bonds is 3. The van der Waals surface area contributed by atoms with Crippen molar-refractivity contribution in [2.75, 3.05) is 13.1 Å². The second-order valence-corrected chi connectivity index (χ2v) is 2.96. The van der Waals surface area contributed by atoms with Crippen LogP contribution in [0.3, 0.4) is 0 Å². The molecule has 0 aromatic carbocycles. The summed E-state index contributed by atoms with van der Waals surface area (Å²) in [6, 6.07) is 0. The molecule has 0 aliphatic heterocycles. The first-order valence-corrected chi connectivity index (χ1v) is 5.19. The normalized spacial score (nSPS) is 9.62. The first-order valence-electron chi connectivity index (χ1n) is 2.47. The molecule has 0 fully saturated rings. The van der Waals surface area contributed by atoms with Crippen molar-refractivity contribution < 1.29 is 33.1 Å². The quantitative estimate of drug-likeness (QED) is 0.421. The van der Waals surface area contributed by atoms with Gasteiger partial charge in [0.25, 0.3) is 0 Å². The molecule has 0 saturated carbocycles. The molecule has 82 valence electrons. The van der Waals surface area contributed by atoms with E-state index in [4.69, 9.17) is 31.2 Å². The summed E-state index contributed by atoms with van der Waals surface area (Å²) in [5.74, 6) is -1.85. The van der Waals surface area contributed by atoms with Gasteiger partial charge in [-0.1, -0.05) is 5.90 Å². The van der Waals surface area contributed by atoms with E-state index in [1.54, 1.807) is 0 Å². The Hall–Kier alpha value is -0.0665. The summed E-state index contributed by atoms with van der Waals surface area (Å²) in [4.78, 5) is 12.7. The van der Waals surface area contributed by atoms with Crippen molar-refractivity contribution in [3.8, 4) is 0 Å². The third kappa shape index (κ3) is 24.5. The van der Waals surface area contributed by atoms with Crippen LogP contribution in [0.25, 0.3) is 5.73 Å². The number of aliphatic imine (C=N–C) groups is 1. The molecule has 0 aromatic heterocycles. The second-order valence-electron chi connectivity index (χ2n) is 1.33. The van der Waals surface area contributed by atoms with Crippen LogP contribution >= 0.6 is 20.4 Å². The zero-order chi connectivity index (χ0) is 9.98. The number of nitrogens with zero attached hydrogens (tertiary/aromatic N) is 1. The van der Waals surface area contributed by atoms with Crippen LogP contribution in [-0.4, -0.2) is 35.5 Å². The summed E-state index contributed by atoms with van der Waals surface area (Å²) in [5, 5.41) is 18.0. The fourth-order valence-electron chi connectivity index (χ4n) is 0.212. The number of hydrogen-bond donors (Lipinski definition) is 1. The first kappa shape index (κ1) is 18.7. The molecule has 6 nitrogen and oxygen atoms in total. The molecule has 9 heteroatoms. The maximum absolute atomic E-state index is 10.1. The molecule has 0 radical (unpaired) electrons. The Balaban J connectivity index is -0.000000220. The Morgan fingerprint density at radius 2 is 2.00 bits per heavy atom. The molecule has 0 spiro atoms. The van der Waals surface area contributed by atoms with Gasteiger partial charge in [0, 0.05) is 0 Å². The van der Waals surface area contributed by atoms with Crippen LogP contribution in [0.5, 0.6) is 0 Å². The van der Waals surface area contributed by atoms with E-state index >= 15 is 0 Å². The Kier molecular flexibility index (Phi) is 20.8. The van der Waals surface area contributed by atoms with E-state index in [0.29, 0.717) is 12.7 Å². The minimum atomic E-state index is -1.16. The fourth-order valence-corrected chi connectivity index (χ4v) is 0.212. The van der Waals surface area contributed by atoms with Gasteiger partial charge in [0.1, 0.15) is 6.54 Å². The zero-order valence-corrected chi connectivity index (χ0v) is 8.70. The van der Waals surface area contributed by atoms with Crippen molar-refractivity contribution >= 4 is 32.3 Å². The van der Waals surface area contributed by atoms with E-state index in [1.807, 2.05) is 0 Å². The van der Waals surface area contributed by atoms with Gasteiger partial charge in [0.05, 0.1) is 0 Å². The molecule has 4 N–H and O–H groups in total. The fraction of sp³-hybridized carbons (Fsp3) is 0.500. The molecule has 0 heterocycles. The number of nitrogens with one attached hydrogen (secondary N) is 1. The molecule has 0 saturated heterocycles. The van der Waals surface area contributed by atoms with E-state index in [2.05, 4.69) is 4.99 Å². The standard InChI is InChI=1S/C4H7N2O3.2ClH.Ni.H2O/c5-1-3(7)6-2-4(8)9;;;;/h5H,1-2H2,(H,6,7)(H,8,9);2*1H;;1H2/q-1;;;+4;/p-3. The van der Waals surface area contributed by atoms with Crippen molar-refractivity contribution in [1.82, 2.24) is 0 Å². The predicted octanol–water partition coefficient (Wildman–Crippen LogP) is -0.566. The smallest absolute Gasteiger partial charge is 0.325 e. The van der Waals surface area contributed by atoms with Crippen molar-refractivity contribution in [1.29, 1.82) is 0 Å². The molecule has 0 aliphatic carbocycles. The van der Waals surface area contributed by atoms with Crippen LogP contribution in [0, 0.1) is 0 Å². The first-order chi connectivity index (χ1) is 5.58. The van der Waals surface area contributed by atoms with E-state index in [0.717, 1.165) is 0 Å². The van der Waals surface area contributed by atoms with Gasteiger partial charge in [-0.25, -0.2) is 0 Å². The zero-order valence-electron chi connectivity index (χ0n) is 6.20. The van der Waals surface area contributed by atoms with Gasteiger partial charge in [-0.15, -0.1) is 6.54 Å². The molecule has 0 aliphatic rings. The van der Waals surface area contributed by atoms with Gasteiger partial charge in [-0.3, -0.25) is 9.79 Å². The van der Waals surface area contributed by atoms with Gasteiger partial charge < -0.3 is 21.4 Å². The van der Waals surface area contributed by atoms with Crippen LogP contribution in [-0.2, 0) is 17.4 Å². The third-order valence-corrected chi connectivity index (χ3v) is 0.542. The molecule has 0 atom stereocenters. The van der Waals surface area contributed by atoms with E-state index in [-0.39, 0.29) is 5.48 Å². The molecule has 0 bridgehead atoms. The summed E-state index contributed by atoms with van der Waals surface area (Å²) in [5.41, 5.74) is 6.42. The number of carbonyl (C=O) groups is 1. The molecule has 0 unspecified atom stereocenters. The Morgan fingerprint density at radius 3 is 2.23 bits per heavy atom. The van der Waals surface area contributed by atoms with Crippen LogP contribution < -0.4 is 5.11 Å². The molecular weight excluding hydrogens is 270 g/mol. The monoisotopic (exact) mass is 276 g/mol. The minimum absolute atomic E-state index is 0. The average Bonchev–Trinajstić information content (AvgIpc) is 2.01. The largest absolute Gasteiger partial charge is 0.863 e. The minimum Gasteiger partial charge on any atom is -0.863 e. The Labute approximate surface area is 89.4 Å². The second kappa shape index (κ2) is 14.5. The number of aliphatic carboxylic acids is 1. The maximum Gasteiger partial charge on any atom is 0.325 e. The Morgan fingerprint density at radius 1 is 1.62 bits per heavy atom. The van der Waals surface area contributed by atoms with Gasteiger partial charge in [-0.05, 0) is 0 Å². The van der Waals surface area contributed by atoms with Crippen LogP contribution in [0.4, 0.5) is 0 Å². The number of hydrogen-bond acceptors (Lipinski definition) is 3. The van der Waals surface area contributed by atoms with Crippen molar-refractivity contribution in [3.63, 3.8) is 0 Å². The van der Waals surface area contributed by atoms with E-state index < -0.39 is 25.0 Å². The van der Waals surface area contributed by atoms with Gasteiger partial charge in [0.2, 0.25) is 0 Å². The summed E-state index contributed by atoms with van der Waals surface area (Å²) in [6.45, 7) is -1.01. The number of halogens is 2. The molecule has 13 heavy (non-hydrogen) atoms. The van der Waals surface area contributed by atoms with Gasteiger partial charge in [0.15, 0.2) is 0 Å². The van der Waals surface area contributed by atoms with Crippen molar-refractivity contribution in [2.45, 2.75) is 0 Å². The van der Waals surface area contributed by atoms with Gasteiger partial charge >= 0.3 is 39.0 Å². The maximum atomic E-state index is 10.1. The van der Waals surface area contributed by atoms with Crippen LogP contribution in [0.1, 0.15) is 0 Å². The number of carboxylic acids is 1. The molecule has 0 aromatic rings. The number of carboxylic acid groups (broad SMARTS) is 1. The van der Waals surface area contributed by atoms with Gasteiger partial charge in [-0.2, -0.15) is 0 Å². The molecule has 0 amide bonds. The van der Waals surface area contributed by atoms with Crippen LogP contribution in [0.2, 0.25) is 0 Å². The van der Waals surface area contributed by atoms with Crippen LogP contribution in [0.15, 0.2) is 4.99 Å². The van der Waals surface area contributed by atoms with E-state index in [1.165, 1.54) is 0 Å². The van der Waals surface area contributed by atoms with Crippen molar-refractivity contribution in [2.24, 2.45) is 4.99 Å². The topological polar surface area (TPSA) is 128 Å². The van der Waals surface area contributed by atoms with E-state index in [9.17, 15) is 9.90 Å². The molecular formula is C4H8Cl2N2NiO4. The SMILES string of the molecule is O.[Cl][Ni+2][Cl].[NH-]CC([O-])=NCC(=O)O. The third-order valence-electron chi connectivity index (χ3n) is 0.542. The summed E-state index contributed by atoms with van der Waals surface area (Å²) >= 11 is 0.569. The summed E-state index contributed by atoms with van der Waals surface area (Å²) in [7, 11) is 9.40. The molecule has 0 rings (SSSR count). The summed E-state index contributed by atoms with van der Waals surface area (Å²) in [6.07, 6.45) is 0. The summed E-state index contributed by atoms with van der Waals surface area (Å²) < 4.78 is 0. The Bertz CT molecular complexity index is 157. The van der Waals surface area contributed by atoms with Crippen molar-refractivity contribution in [3.05, 3.63) is 5.73 Å². The average molecular weight is 278 g/mol.